The third kappa shape index (κ3) is 3.21. The average Bonchev–Trinajstić information content (AvgIpc) is 2.85. The van der Waals surface area contributed by atoms with Crippen LogP contribution in [0.4, 0.5) is 0 Å². The predicted octanol–water partition coefficient (Wildman–Crippen LogP) is 1.41. The molecule has 6 nitrogen and oxygen atoms in total. The van der Waals surface area contributed by atoms with Gasteiger partial charge < -0.3 is 9.66 Å². The summed E-state index contributed by atoms with van der Waals surface area (Å²) in [5.74, 6) is -1.13. The molecule has 1 heterocycles. The number of carboxylic acids is 1. The van der Waals surface area contributed by atoms with Crippen LogP contribution in [-0.4, -0.2) is 37.3 Å². The zero-order valence-corrected chi connectivity index (χ0v) is 10.8. The topological polar surface area (TPSA) is 102 Å². The van der Waals surface area contributed by atoms with E-state index in [1.165, 1.54) is 0 Å². The summed E-state index contributed by atoms with van der Waals surface area (Å²) in [7, 11) is 0. The molecule has 2 rings (SSSR count). The van der Waals surface area contributed by atoms with Gasteiger partial charge in [0.05, 0.1) is 5.69 Å². The zero-order valence-electron chi connectivity index (χ0n) is 10.0. The molecular formula is C12H11N3O3S. The van der Waals surface area contributed by atoms with E-state index in [9.17, 15) is 9.35 Å². The lowest BCUT2D eigenvalue weighted by Gasteiger charge is -2.03. The maximum atomic E-state index is 11.2. The fourth-order valence-electron chi connectivity index (χ4n) is 1.46. The largest absolute Gasteiger partial charge is 0.612 e. The number of aromatic carboxylic acids is 1. The Labute approximate surface area is 112 Å². The van der Waals surface area contributed by atoms with Crippen molar-refractivity contribution >= 4 is 29.3 Å². The Morgan fingerprint density at radius 1 is 1.37 bits per heavy atom. The Bertz CT molecular complexity index is 605. The molecule has 1 atom stereocenters. The highest BCUT2D eigenvalue weighted by molar-refractivity contribution is 7.90. The van der Waals surface area contributed by atoms with Crippen LogP contribution in [0.5, 0.6) is 0 Å². The molecule has 1 aromatic heterocycles. The van der Waals surface area contributed by atoms with Gasteiger partial charge in [-0.15, -0.1) is 5.10 Å². The molecule has 98 valence electrons. The third-order valence-corrected chi connectivity index (χ3v) is 3.37. The van der Waals surface area contributed by atoms with Crippen LogP contribution in [-0.2, 0) is 11.2 Å². The van der Waals surface area contributed by atoms with Gasteiger partial charge in [-0.25, -0.2) is 4.79 Å². The van der Waals surface area contributed by atoms with E-state index in [0.717, 1.165) is 10.5 Å². The van der Waals surface area contributed by atoms with Crippen molar-refractivity contribution in [2.24, 2.45) is 0 Å². The van der Waals surface area contributed by atoms with Crippen molar-refractivity contribution < 1.29 is 14.5 Å². The number of rotatable bonds is 4. The Hall–Kier alpha value is -2.12. The monoisotopic (exact) mass is 277 g/mol. The molecular weight excluding hydrogens is 266 g/mol. The second kappa shape index (κ2) is 5.68. The predicted molar refractivity (Wildman–Crippen MR) is 71.0 cm³/mol. The average molecular weight is 277 g/mol. The number of H-pyrrole nitrogens is 1. The first-order valence-corrected chi connectivity index (χ1v) is 6.89. The smallest absolute Gasteiger partial charge is 0.358 e. The molecule has 0 saturated heterocycles. The van der Waals surface area contributed by atoms with E-state index in [2.05, 4.69) is 15.4 Å². The maximum Gasteiger partial charge on any atom is 0.358 e. The van der Waals surface area contributed by atoms with Gasteiger partial charge in [-0.3, -0.25) is 5.10 Å². The number of aromatic nitrogens is 3. The van der Waals surface area contributed by atoms with Gasteiger partial charge in [-0.1, -0.05) is 11.3 Å². The van der Waals surface area contributed by atoms with Gasteiger partial charge in [0.2, 0.25) is 0 Å². The van der Waals surface area contributed by atoms with Crippen LogP contribution in [0.15, 0.2) is 29.2 Å². The fraction of sp³-hybridized carbons (Fsp3) is 0.0833. The summed E-state index contributed by atoms with van der Waals surface area (Å²) in [6.45, 7) is 0. The Balaban J connectivity index is 2.18. The lowest BCUT2D eigenvalue weighted by molar-refractivity contribution is 0.0690. The minimum Gasteiger partial charge on any atom is -0.612 e. The molecule has 0 fully saturated rings. The molecule has 2 aromatic rings. The second-order valence-electron chi connectivity index (χ2n) is 3.74. The van der Waals surface area contributed by atoms with Gasteiger partial charge in [0.15, 0.2) is 10.6 Å². The highest BCUT2D eigenvalue weighted by Gasteiger charge is 2.11. The van der Waals surface area contributed by atoms with Crippen LogP contribution in [0.2, 0.25) is 0 Å². The molecule has 0 aliphatic carbocycles. The first kappa shape index (κ1) is 13.3. The Morgan fingerprint density at radius 2 is 2.05 bits per heavy atom. The molecule has 0 saturated carbocycles. The molecule has 0 aliphatic rings. The first-order chi connectivity index (χ1) is 9.08. The van der Waals surface area contributed by atoms with Crippen molar-refractivity contribution in [3.8, 4) is 0 Å². The van der Waals surface area contributed by atoms with Crippen molar-refractivity contribution in [1.29, 1.82) is 0 Å². The van der Waals surface area contributed by atoms with Crippen molar-refractivity contribution in [3.63, 3.8) is 0 Å². The van der Waals surface area contributed by atoms with Gasteiger partial charge in [0.25, 0.3) is 0 Å². The van der Waals surface area contributed by atoms with Gasteiger partial charge in [0, 0.05) is 0 Å². The fourth-order valence-corrected chi connectivity index (χ4v) is 1.98. The van der Waals surface area contributed by atoms with E-state index in [1.807, 2.05) is 0 Å². The number of carbonyl (C=O) groups is 1. The number of hydrogen-bond acceptors (Lipinski definition) is 4. The van der Waals surface area contributed by atoms with E-state index in [0.29, 0.717) is 5.69 Å². The lowest BCUT2D eigenvalue weighted by Crippen LogP contribution is -1.98. The standard InChI is InChI=1S/C12H11N3O3S/c1-19(18)9-5-2-8(3-6-9)4-7-10-11(12(16)17)14-15-13-10/h2-7H,1H3,(H,16,17)(H,13,14,15). The van der Waals surface area contributed by atoms with E-state index in [4.69, 9.17) is 5.11 Å². The van der Waals surface area contributed by atoms with Crippen molar-refractivity contribution in [1.82, 2.24) is 15.4 Å². The Morgan fingerprint density at radius 3 is 2.63 bits per heavy atom. The molecule has 1 aromatic carbocycles. The summed E-state index contributed by atoms with van der Waals surface area (Å²) in [5, 5.41) is 18.3. The molecule has 1 unspecified atom stereocenters. The summed E-state index contributed by atoms with van der Waals surface area (Å²) in [6, 6.07) is 7.13. The SMILES string of the molecule is C[S+]([O-])c1ccc(C=Cc2[nH]nnc2C(=O)O)cc1. The highest BCUT2D eigenvalue weighted by Crippen LogP contribution is 2.13. The molecule has 2 N–H and O–H groups in total. The van der Waals surface area contributed by atoms with Crippen LogP contribution in [0.1, 0.15) is 21.7 Å². The first-order valence-electron chi connectivity index (χ1n) is 5.34. The van der Waals surface area contributed by atoms with Crippen LogP contribution >= 0.6 is 0 Å². The second-order valence-corrected chi connectivity index (χ2v) is 5.12. The van der Waals surface area contributed by atoms with Crippen molar-refractivity contribution in [2.75, 3.05) is 6.26 Å². The van der Waals surface area contributed by atoms with Crippen LogP contribution in [0, 0.1) is 0 Å². The number of aromatic amines is 1. The summed E-state index contributed by atoms with van der Waals surface area (Å²) in [6.07, 6.45) is 4.92. The zero-order chi connectivity index (χ0) is 13.8. The van der Waals surface area contributed by atoms with E-state index < -0.39 is 17.1 Å². The Kier molecular flexibility index (Phi) is 3.98. The van der Waals surface area contributed by atoms with Gasteiger partial charge in [-0.05, 0) is 47.1 Å². The van der Waals surface area contributed by atoms with E-state index in [1.54, 1.807) is 42.7 Å². The van der Waals surface area contributed by atoms with Gasteiger partial charge in [0.1, 0.15) is 6.26 Å². The molecule has 7 heteroatoms. The maximum absolute atomic E-state index is 11.2. The number of benzene rings is 1. The summed E-state index contributed by atoms with van der Waals surface area (Å²) in [4.78, 5) is 11.6. The van der Waals surface area contributed by atoms with Crippen LogP contribution in [0.25, 0.3) is 12.2 Å². The summed E-state index contributed by atoms with van der Waals surface area (Å²) in [5.41, 5.74) is 1.07. The summed E-state index contributed by atoms with van der Waals surface area (Å²) < 4.78 is 11.2. The highest BCUT2D eigenvalue weighted by atomic mass is 32.2. The third-order valence-electron chi connectivity index (χ3n) is 2.43. The molecule has 0 radical (unpaired) electrons. The van der Waals surface area contributed by atoms with Crippen molar-refractivity contribution in [3.05, 3.63) is 41.2 Å². The minimum absolute atomic E-state index is 0.123. The van der Waals surface area contributed by atoms with Crippen LogP contribution < -0.4 is 0 Å². The van der Waals surface area contributed by atoms with Gasteiger partial charge in [-0.2, -0.15) is 0 Å². The molecule has 0 amide bonds. The lowest BCUT2D eigenvalue weighted by atomic mass is 10.2. The molecule has 0 aliphatic heterocycles. The van der Waals surface area contributed by atoms with Crippen LogP contribution in [0.3, 0.4) is 0 Å². The quantitative estimate of drug-likeness (QED) is 0.823. The van der Waals surface area contributed by atoms with Gasteiger partial charge >= 0.3 is 5.97 Å². The van der Waals surface area contributed by atoms with Crippen molar-refractivity contribution in [2.45, 2.75) is 4.90 Å². The molecule has 19 heavy (non-hydrogen) atoms. The van der Waals surface area contributed by atoms with E-state index in [-0.39, 0.29) is 5.69 Å². The number of nitrogens with one attached hydrogen (secondary N) is 1. The molecule has 0 bridgehead atoms. The molecule has 0 spiro atoms. The minimum atomic E-state index is -1.13. The van der Waals surface area contributed by atoms with E-state index >= 15 is 0 Å². The number of hydrogen-bond donors (Lipinski definition) is 2. The normalized spacial score (nSPS) is 12.7. The summed E-state index contributed by atoms with van der Waals surface area (Å²) >= 11 is -1.01. The number of carboxylic acid groups (broad SMARTS) is 1. The number of nitrogens with zero attached hydrogens (tertiary/aromatic N) is 2.